The lowest BCUT2D eigenvalue weighted by atomic mass is 10.3. The zero-order valence-electron chi connectivity index (χ0n) is 10.7. The number of esters is 1. The van der Waals surface area contributed by atoms with Gasteiger partial charge in [0.15, 0.2) is 12.4 Å². The van der Waals surface area contributed by atoms with Gasteiger partial charge in [-0.15, -0.1) is 0 Å². The molecule has 0 saturated heterocycles. The zero-order valence-corrected chi connectivity index (χ0v) is 12.8. The summed E-state index contributed by atoms with van der Waals surface area (Å²) in [7, 11) is 0. The van der Waals surface area contributed by atoms with E-state index in [0.717, 1.165) is 3.57 Å². The van der Waals surface area contributed by atoms with Gasteiger partial charge in [-0.3, -0.25) is 10.1 Å². The Balaban J connectivity index is 1.95. The molecular weight excluding hydrogens is 389 g/mol. The number of hydrogen-bond acceptors (Lipinski definition) is 5. The molecule has 0 atom stereocenters. The lowest BCUT2D eigenvalue weighted by molar-refractivity contribution is -0.385. The summed E-state index contributed by atoms with van der Waals surface area (Å²) in [6.07, 6.45) is 0. The molecule has 0 N–H and O–H groups in total. The highest BCUT2D eigenvalue weighted by Gasteiger charge is 2.15. The van der Waals surface area contributed by atoms with E-state index in [2.05, 4.69) is 22.6 Å². The molecule has 0 aliphatic rings. The Labute approximate surface area is 134 Å². The minimum atomic E-state index is -0.630. The van der Waals surface area contributed by atoms with E-state index in [0.29, 0.717) is 5.75 Å². The normalized spacial score (nSPS) is 9.95. The van der Waals surface area contributed by atoms with E-state index in [-0.39, 0.29) is 11.4 Å². The second-order valence-corrected chi connectivity index (χ2v) is 5.19. The van der Waals surface area contributed by atoms with Gasteiger partial charge in [0.2, 0.25) is 0 Å². The van der Waals surface area contributed by atoms with Crippen LogP contribution in [0, 0.1) is 13.7 Å². The number of halogens is 1. The molecule has 7 heteroatoms. The van der Waals surface area contributed by atoms with Crippen molar-refractivity contribution in [1.82, 2.24) is 0 Å². The summed E-state index contributed by atoms with van der Waals surface area (Å²) in [5.74, 6) is -0.206. The van der Waals surface area contributed by atoms with Crippen molar-refractivity contribution < 1.29 is 19.2 Å². The quantitative estimate of drug-likeness (QED) is 0.254. The highest BCUT2D eigenvalue weighted by atomic mass is 127. The maximum atomic E-state index is 11.6. The number of rotatable bonds is 5. The molecular formula is C14H10INO5. The fourth-order valence-electron chi connectivity index (χ4n) is 1.53. The first-order valence-electron chi connectivity index (χ1n) is 5.89. The van der Waals surface area contributed by atoms with Gasteiger partial charge in [-0.25, -0.2) is 4.79 Å². The second kappa shape index (κ2) is 7.02. The van der Waals surface area contributed by atoms with E-state index in [1.807, 2.05) is 0 Å². The van der Waals surface area contributed by atoms with Crippen molar-refractivity contribution in [3.8, 4) is 11.5 Å². The molecule has 2 aromatic carbocycles. The van der Waals surface area contributed by atoms with Crippen molar-refractivity contribution in [2.75, 3.05) is 6.61 Å². The minimum absolute atomic E-state index is 0.0297. The number of nitro groups is 1. The lowest BCUT2D eigenvalue weighted by Gasteiger charge is -2.07. The number of hydrogen-bond donors (Lipinski definition) is 0. The number of benzene rings is 2. The summed E-state index contributed by atoms with van der Waals surface area (Å²) in [6.45, 7) is -0.406. The molecule has 0 saturated carbocycles. The SMILES string of the molecule is O=C(COc1ccccc1[N+](=O)[O-])Oc1ccc(I)cc1. The van der Waals surface area contributed by atoms with E-state index in [1.165, 1.54) is 18.2 Å². The molecule has 0 bridgehead atoms. The molecule has 0 spiro atoms. The molecule has 0 fully saturated rings. The van der Waals surface area contributed by atoms with Gasteiger partial charge >= 0.3 is 11.7 Å². The van der Waals surface area contributed by atoms with Gasteiger partial charge in [0.1, 0.15) is 5.75 Å². The topological polar surface area (TPSA) is 78.7 Å². The van der Waals surface area contributed by atoms with Crippen LogP contribution < -0.4 is 9.47 Å². The Morgan fingerprint density at radius 2 is 1.81 bits per heavy atom. The Hall–Kier alpha value is -2.16. The van der Waals surface area contributed by atoms with Crippen molar-refractivity contribution in [2.24, 2.45) is 0 Å². The monoisotopic (exact) mass is 399 g/mol. The summed E-state index contributed by atoms with van der Waals surface area (Å²) in [4.78, 5) is 21.9. The maximum Gasteiger partial charge on any atom is 0.349 e. The number of ether oxygens (including phenoxy) is 2. The van der Waals surface area contributed by atoms with Gasteiger partial charge < -0.3 is 9.47 Å². The largest absolute Gasteiger partial charge is 0.475 e. The standard InChI is InChI=1S/C14H10INO5/c15-10-5-7-11(8-6-10)21-14(17)9-20-13-4-2-1-3-12(13)16(18)19/h1-8H,9H2. The van der Waals surface area contributed by atoms with E-state index >= 15 is 0 Å². The summed E-state index contributed by atoms with van der Waals surface area (Å²) < 4.78 is 11.2. The van der Waals surface area contributed by atoms with Gasteiger partial charge in [0.05, 0.1) is 4.92 Å². The molecule has 108 valence electrons. The van der Waals surface area contributed by atoms with E-state index in [9.17, 15) is 14.9 Å². The van der Waals surface area contributed by atoms with Crippen molar-refractivity contribution in [3.05, 3.63) is 62.2 Å². The molecule has 2 rings (SSSR count). The molecule has 0 aliphatic carbocycles. The van der Waals surface area contributed by atoms with Crippen LogP contribution in [0.2, 0.25) is 0 Å². The molecule has 0 aliphatic heterocycles. The summed E-state index contributed by atoms with van der Waals surface area (Å²) in [5, 5.41) is 10.8. The Morgan fingerprint density at radius 3 is 2.48 bits per heavy atom. The van der Waals surface area contributed by atoms with Crippen LogP contribution in [0.15, 0.2) is 48.5 Å². The Bertz CT molecular complexity index is 657. The third-order valence-electron chi connectivity index (χ3n) is 2.45. The number of para-hydroxylation sites is 2. The van der Waals surface area contributed by atoms with Gasteiger partial charge in [-0.1, -0.05) is 12.1 Å². The van der Waals surface area contributed by atoms with E-state index in [1.54, 1.807) is 30.3 Å². The fraction of sp³-hybridized carbons (Fsp3) is 0.0714. The highest BCUT2D eigenvalue weighted by molar-refractivity contribution is 14.1. The van der Waals surface area contributed by atoms with Crippen LogP contribution in [0.25, 0.3) is 0 Å². The Morgan fingerprint density at radius 1 is 1.14 bits per heavy atom. The third-order valence-corrected chi connectivity index (χ3v) is 3.17. The molecule has 0 amide bonds. The first kappa shape index (κ1) is 15.2. The molecule has 0 unspecified atom stereocenters. The first-order valence-corrected chi connectivity index (χ1v) is 6.96. The molecule has 21 heavy (non-hydrogen) atoms. The van der Waals surface area contributed by atoms with Crippen molar-refractivity contribution >= 4 is 34.2 Å². The Kier molecular flexibility index (Phi) is 5.09. The van der Waals surface area contributed by atoms with Gasteiger partial charge in [0, 0.05) is 9.64 Å². The third kappa shape index (κ3) is 4.42. The average Bonchev–Trinajstić information content (AvgIpc) is 2.48. The van der Waals surface area contributed by atoms with Crippen LogP contribution in [0.5, 0.6) is 11.5 Å². The summed E-state index contributed by atoms with van der Waals surface area (Å²) in [5.41, 5.74) is -0.195. The zero-order chi connectivity index (χ0) is 15.2. The number of nitrogens with zero attached hydrogens (tertiary/aromatic N) is 1. The second-order valence-electron chi connectivity index (χ2n) is 3.94. The van der Waals surface area contributed by atoms with Crippen LogP contribution in [-0.4, -0.2) is 17.5 Å². The number of carbonyl (C=O) groups is 1. The van der Waals surface area contributed by atoms with Crippen LogP contribution in [0.3, 0.4) is 0 Å². The molecule has 0 aromatic heterocycles. The van der Waals surface area contributed by atoms with Crippen molar-refractivity contribution in [3.63, 3.8) is 0 Å². The van der Waals surface area contributed by atoms with Crippen LogP contribution in [-0.2, 0) is 4.79 Å². The van der Waals surface area contributed by atoms with Gasteiger partial charge in [0.25, 0.3) is 0 Å². The lowest BCUT2D eigenvalue weighted by Crippen LogP contribution is -2.18. The highest BCUT2D eigenvalue weighted by Crippen LogP contribution is 2.25. The number of carbonyl (C=O) groups excluding carboxylic acids is 1. The summed E-state index contributed by atoms with van der Waals surface area (Å²) in [6, 6.07) is 12.8. The predicted molar refractivity (Wildman–Crippen MR) is 83.4 cm³/mol. The van der Waals surface area contributed by atoms with Gasteiger partial charge in [-0.05, 0) is 52.9 Å². The van der Waals surface area contributed by atoms with Gasteiger partial charge in [-0.2, -0.15) is 0 Å². The molecule has 0 heterocycles. The summed E-state index contributed by atoms with van der Waals surface area (Å²) >= 11 is 2.14. The minimum Gasteiger partial charge on any atom is -0.475 e. The smallest absolute Gasteiger partial charge is 0.349 e. The number of nitro benzene ring substituents is 1. The van der Waals surface area contributed by atoms with Crippen LogP contribution in [0.1, 0.15) is 0 Å². The van der Waals surface area contributed by atoms with E-state index in [4.69, 9.17) is 9.47 Å². The maximum absolute atomic E-state index is 11.6. The predicted octanol–water partition coefficient (Wildman–Crippen LogP) is 3.18. The van der Waals surface area contributed by atoms with Crippen LogP contribution >= 0.6 is 22.6 Å². The molecule has 2 aromatic rings. The van der Waals surface area contributed by atoms with Crippen molar-refractivity contribution in [2.45, 2.75) is 0 Å². The fourth-order valence-corrected chi connectivity index (χ4v) is 1.89. The van der Waals surface area contributed by atoms with Crippen LogP contribution in [0.4, 0.5) is 5.69 Å². The first-order chi connectivity index (χ1) is 10.1. The average molecular weight is 399 g/mol. The van der Waals surface area contributed by atoms with E-state index < -0.39 is 17.5 Å². The molecule has 0 radical (unpaired) electrons. The molecule has 6 nitrogen and oxygen atoms in total. The van der Waals surface area contributed by atoms with Crippen molar-refractivity contribution in [1.29, 1.82) is 0 Å².